The summed E-state index contributed by atoms with van der Waals surface area (Å²) in [5, 5.41) is 0.613. The van der Waals surface area contributed by atoms with Gasteiger partial charge in [-0.15, -0.1) is 0 Å². The number of nitrogens with zero attached hydrogens (tertiary/aromatic N) is 2. The van der Waals surface area contributed by atoms with Crippen LogP contribution in [0.3, 0.4) is 0 Å². The second kappa shape index (κ2) is 6.01. The zero-order valence-electron chi connectivity index (χ0n) is 11.2. The second-order valence-corrected chi connectivity index (χ2v) is 7.96. The average molecular weight is 366 g/mol. The summed E-state index contributed by atoms with van der Waals surface area (Å²) in [4.78, 5) is 36.5. The number of H-pyrrole nitrogens is 1. The molecule has 0 radical (unpaired) electrons. The summed E-state index contributed by atoms with van der Waals surface area (Å²) in [5.74, 6) is 0. The Morgan fingerprint density at radius 3 is 3.09 bits per heavy atom. The maximum Gasteiger partial charge on any atom is 0.321 e. The van der Waals surface area contributed by atoms with Crippen LogP contribution in [-0.2, 0) is 21.1 Å². The van der Waals surface area contributed by atoms with Gasteiger partial charge in [0.25, 0.3) is 5.56 Å². The summed E-state index contributed by atoms with van der Waals surface area (Å²) in [7, 11) is 0. The van der Waals surface area contributed by atoms with Crippen LogP contribution in [0.25, 0.3) is 11.0 Å². The molecule has 3 rings (SSSR count). The minimum atomic E-state index is -3.68. The number of nitrogens with one attached hydrogen (secondary N) is 1. The molecule has 0 aromatic carbocycles. The van der Waals surface area contributed by atoms with Crippen molar-refractivity contribution in [2.75, 3.05) is 6.61 Å². The van der Waals surface area contributed by atoms with E-state index in [0.29, 0.717) is 28.9 Å². The van der Waals surface area contributed by atoms with Gasteiger partial charge in [0.05, 0.1) is 24.1 Å². The normalized spacial score (nSPS) is 22.5. The summed E-state index contributed by atoms with van der Waals surface area (Å²) in [6, 6.07) is 0. The highest BCUT2D eigenvalue weighted by Crippen LogP contribution is 2.39. The van der Waals surface area contributed by atoms with Gasteiger partial charge in [-0.05, 0) is 24.6 Å². The predicted molar refractivity (Wildman–Crippen MR) is 83.2 cm³/mol. The van der Waals surface area contributed by atoms with Crippen molar-refractivity contribution in [3.05, 3.63) is 27.9 Å². The van der Waals surface area contributed by atoms with Crippen molar-refractivity contribution < 1.29 is 19.0 Å². The molecular formula is C11H13ClN3O5PS. The topological polar surface area (TPSA) is 110 Å². The Morgan fingerprint density at radius 1 is 1.59 bits per heavy atom. The molecule has 1 aliphatic rings. The standard InChI is InChI=1S/C11H13ClN3O5PS/c12-7-3-15(10-9(7)11(16)14-5-13-10)8-2-1-6(20-8)4-19-21(17,18)22/h3,5-6,8H,1-2,4H2,(H,13,14,16)(H2,17,18,22)/t6-,8+/m0/s1. The minimum Gasteiger partial charge on any atom is -0.352 e. The van der Waals surface area contributed by atoms with E-state index in [1.165, 1.54) is 6.33 Å². The van der Waals surface area contributed by atoms with Gasteiger partial charge < -0.3 is 28.6 Å². The lowest BCUT2D eigenvalue weighted by atomic mass is 10.2. The predicted octanol–water partition coefficient (Wildman–Crippen LogP) is 1.28. The lowest BCUT2D eigenvalue weighted by Gasteiger charge is -2.16. The van der Waals surface area contributed by atoms with E-state index in [-0.39, 0.29) is 24.5 Å². The summed E-state index contributed by atoms with van der Waals surface area (Å²) in [5.41, 5.74) is 0.127. The van der Waals surface area contributed by atoms with Crippen LogP contribution >= 0.6 is 18.3 Å². The molecule has 0 bridgehead atoms. The number of hydrogen-bond donors (Lipinski definition) is 3. The third kappa shape index (κ3) is 3.26. The summed E-state index contributed by atoms with van der Waals surface area (Å²) < 4.78 is 12.3. The molecule has 2 aromatic rings. The van der Waals surface area contributed by atoms with E-state index in [0.717, 1.165) is 0 Å². The first-order valence-corrected chi connectivity index (χ1v) is 9.45. The number of halogens is 1. The molecule has 1 fully saturated rings. The monoisotopic (exact) mass is 365 g/mol. The molecule has 0 aliphatic carbocycles. The van der Waals surface area contributed by atoms with Gasteiger partial charge in [-0.25, -0.2) is 4.98 Å². The molecule has 2 atom stereocenters. The molecule has 120 valence electrons. The lowest BCUT2D eigenvalue weighted by Crippen LogP contribution is -2.16. The van der Waals surface area contributed by atoms with Crippen LogP contribution in [0.2, 0.25) is 5.02 Å². The molecule has 1 aliphatic heterocycles. The molecule has 0 unspecified atom stereocenters. The smallest absolute Gasteiger partial charge is 0.321 e. The first-order chi connectivity index (χ1) is 10.3. The number of aromatic amines is 1. The van der Waals surface area contributed by atoms with Gasteiger partial charge in [0.15, 0.2) is 5.65 Å². The highest BCUT2D eigenvalue weighted by molar-refractivity contribution is 8.06. The Bertz CT molecular complexity index is 803. The Morgan fingerprint density at radius 2 is 2.36 bits per heavy atom. The molecule has 3 heterocycles. The van der Waals surface area contributed by atoms with Crippen molar-refractivity contribution in [2.24, 2.45) is 0 Å². The molecule has 3 N–H and O–H groups in total. The van der Waals surface area contributed by atoms with Gasteiger partial charge in [0.1, 0.15) is 11.6 Å². The number of aromatic nitrogens is 3. The van der Waals surface area contributed by atoms with E-state index in [1.54, 1.807) is 10.8 Å². The van der Waals surface area contributed by atoms with E-state index < -0.39 is 6.72 Å². The lowest BCUT2D eigenvalue weighted by molar-refractivity contribution is -0.0176. The maximum absolute atomic E-state index is 11.8. The van der Waals surface area contributed by atoms with Crippen LogP contribution in [0.1, 0.15) is 19.1 Å². The van der Waals surface area contributed by atoms with Crippen LogP contribution in [0.4, 0.5) is 0 Å². The Balaban J connectivity index is 1.81. The van der Waals surface area contributed by atoms with E-state index in [2.05, 4.69) is 21.8 Å². The van der Waals surface area contributed by atoms with Crippen LogP contribution in [0.5, 0.6) is 0 Å². The van der Waals surface area contributed by atoms with Gasteiger partial charge >= 0.3 is 6.72 Å². The number of rotatable bonds is 4. The number of ether oxygens (including phenoxy) is 1. The molecule has 0 amide bonds. The van der Waals surface area contributed by atoms with E-state index >= 15 is 0 Å². The number of fused-ring (bicyclic) bond motifs is 1. The van der Waals surface area contributed by atoms with Crippen molar-refractivity contribution in [2.45, 2.75) is 25.2 Å². The molecule has 0 spiro atoms. The zero-order valence-corrected chi connectivity index (χ0v) is 13.6. The van der Waals surface area contributed by atoms with E-state index in [9.17, 15) is 4.79 Å². The van der Waals surface area contributed by atoms with Crippen molar-refractivity contribution >= 4 is 41.2 Å². The average Bonchev–Trinajstić information content (AvgIpc) is 3.01. The van der Waals surface area contributed by atoms with Crippen molar-refractivity contribution in [1.29, 1.82) is 0 Å². The third-order valence-electron chi connectivity index (χ3n) is 3.39. The SMILES string of the molecule is O=c1[nH]cnc2c1c(Cl)cn2[C@H]1CC[C@@H](COP(O)(O)=S)O1. The fourth-order valence-corrected chi connectivity index (χ4v) is 3.28. The Kier molecular flexibility index (Phi) is 4.39. The highest BCUT2D eigenvalue weighted by atomic mass is 35.5. The van der Waals surface area contributed by atoms with Gasteiger partial charge in [0, 0.05) is 6.20 Å². The van der Waals surface area contributed by atoms with Crippen molar-refractivity contribution in [3.63, 3.8) is 0 Å². The van der Waals surface area contributed by atoms with Crippen LogP contribution in [-0.4, -0.2) is 37.0 Å². The minimum absolute atomic E-state index is 0.00171. The number of hydrogen-bond acceptors (Lipinski definition) is 5. The fraction of sp³-hybridized carbons (Fsp3) is 0.455. The molecular weight excluding hydrogens is 353 g/mol. The summed E-state index contributed by atoms with van der Waals surface area (Å²) >= 11 is 10.5. The molecule has 2 aromatic heterocycles. The maximum atomic E-state index is 11.8. The largest absolute Gasteiger partial charge is 0.352 e. The van der Waals surface area contributed by atoms with E-state index in [1.807, 2.05) is 0 Å². The Labute approximate surface area is 134 Å². The van der Waals surface area contributed by atoms with Crippen molar-refractivity contribution in [1.82, 2.24) is 14.5 Å². The van der Waals surface area contributed by atoms with Gasteiger partial charge in [-0.3, -0.25) is 4.79 Å². The molecule has 8 nitrogen and oxygen atoms in total. The first-order valence-electron chi connectivity index (χ1n) is 6.44. The van der Waals surface area contributed by atoms with Crippen molar-refractivity contribution in [3.8, 4) is 0 Å². The summed E-state index contributed by atoms with van der Waals surface area (Å²) in [6.07, 6.45) is 3.55. The van der Waals surface area contributed by atoms with Crippen LogP contribution in [0, 0.1) is 0 Å². The third-order valence-corrected chi connectivity index (χ3v) is 4.48. The molecule has 11 heteroatoms. The molecule has 22 heavy (non-hydrogen) atoms. The fourth-order valence-electron chi connectivity index (χ4n) is 2.46. The van der Waals surface area contributed by atoms with Crippen LogP contribution < -0.4 is 5.56 Å². The van der Waals surface area contributed by atoms with Gasteiger partial charge in [-0.1, -0.05) is 11.6 Å². The van der Waals surface area contributed by atoms with E-state index in [4.69, 9.17) is 30.6 Å². The van der Waals surface area contributed by atoms with Crippen LogP contribution in [0.15, 0.2) is 17.3 Å². The van der Waals surface area contributed by atoms with Gasteiger partial charge in [-0.2, -0.15) is 0 Å². The molecule has 1 saturated heterocycles. The zero-order chi connectivity index (χ0) is 15.9. The van der Waals surface area contributed by atoms with Gasteiger partial charge in [0.2, 0.25) is 0 Å². The second-order valence-electron chi connectivity index (χ2n) is 4.89. The summed E-state index contributed by atoms with van der Waals surface area (Å²) in [6.45, 7) is -3.68. The quantitative estimate of drug-likeness (QED) is 0.700. The molecule has 0 saturated carbocycles. The highest BCUT2D eigenvalue weighted by Gasteiger charge is 2.30. The Hall–Kier alpha value is -0.800. The first kappa shape index (κ1) is 16.1.